The zero-order valence-corrected chi connectivity index (χ0v) is 23.8. The molecule has 12 heteroatoms. The van der Waals surface area contributed by atoms with Crippen LogP contribution < -0.4 is 19.9 Å². The first kappa shape index (κ1) is 29.2. The van der Waals surface area contributed by atoms with Crippen molar-refractivity contribution in [2.45, 2.75) is 24.5 Å². The minimum absolute atomic E-state index is 0.0535. The second-order valence-corrected chi connectivity index (χ2v) is 11.2. The molecule has 2 fully saturated rings. The first-order chi connectivity index (χ1) is 19.8. The van der Waals surface area contributed by atoms with Gasteiger partial charge in [-0.25, -0.2) is 0 Å². The van der Waals surface area contributed by atoms with Crippen LogP contribution in [0.1, 0.15) is 22.3 Å². The van der Waals surface area contributed by atoms with Gasteiger partial charge in [0.1, 0.15) is 5.75 Å². The van der Waals surface area contributed by atoms with E-state index in [1.807, 2.05) is 0 Å². The van der Waals surface area contributed by atoms with Gasteiger partial charge < -0.3 is 30.2 Å². The first-order valence-corrected chi connectivity index (χ1v) is 13.3. The van der Waals surface area contributed by atoms with E-state index in [-0.39, 0.29) is 24.2 Å². The van der Waals surface area contributed by atoms with Gasteiger partial charge in [-0.3, -0.25) is 28.9 Å². The van der Waals surface area contributed by atoms with Crippen LogP contribution in [0.2, 0.25) is 0 Å². The van der Waals surface area contributed by atoms with E-state index in [1.54, 1.807) is 18.2 Å². The predicted octanol–water partition coefficient (Wildman–Crippen LogP) is 0.560. The van der Waals surface area contributed by atoms with Crippen molar-refractivity contribution in [1.82, 2.24) is 4.90 Å². The van der Waals surface area contributed by atoms with Gasteiger partial charge in [-0.1, -0.05) is 6.07 Å². The monoisotopic (exact) mass is 580 g/mol. The fraction of sp³-hybridized carbons (Fsp3) is 0.433. The Kier molecular flexibility index (Phi) is 7.10. The zero-order valence-electron chi connectivity index (χ0n) is 23.8. The average Bonchev–Trinajstić information content (AvgIpc) is 2.93. The van der Waals surface area contributed by atoms with E-state index in [4.69, 9.17) is 19.9 Å². The summed E-state index contributed by atoms with van der Waals surface area (Å²) in [6.45, 7) is 0. The molecule has 0 saturated heterocycles. The number of carbonyl (C=O) groups is 5. The van der Waals surface area contributed by atoms with Crippen LogP contribution in [-0.4, -0.2) is 91.2 Å². The van der Waals surface area contributed by atoms with Crippen molar-refractivity contribution in [2.24, 2.45) is 29.4 Å². The molecule has 0 radical (unpaired) electrons. The van der Waals surface area contributed by atoms with Crippen LogP contribution in [0.25, 0.3) is 11.1 Å². The molecule has 3 aliphatic carbocycles. The summed E-state index contributed by atoms with van der Waals surface area (Å²) in [5, 5.41) is 22.6. The topological polar surface area (TPSA) is 183 Å². The first-order valence-electron chi connectivity index (χ1n) is 13.3. The summed E-state index contributed by atoms with van der Waals surface area (Å²) >= 11 is 0. The third-order valence-electron chi connectivity index (χ3n) is 8.94. The molecule has 2 saturated carbocycles. The third kappa shape index (κ3) is 3.85. The molecule has 42 heavy (non-hydrogen) atoms. The van der Waals surface area contributed by atoms with Gasteiger partial charge >= 0.3 is 0 Å². The second-order valence-electron chi connectivity index (χ2n) is 11.2. The van der Waals surface area contributed by atoms with E-state index in [9.17, 15) is 34.2 Å². The number of fused-ring (bicyclic) bond motifs is 3. The maximum atomic E-state index is 14.0. The van der Waals surface area contributed by atoms with E-state index in [2.05, 4.69) is 0 Å². The van der Waals surface area contributed by atoms with E-state index < -0.39 is 64.4 Å². The molecule has 3 aliphatic rings. The molecule has 0 bridgehead atoms. The number of benzene rings is 2. The maximum absolute atomic E-state index is 14.0. The van der Waals surface area contributed by atoms with E-state index in [0.29, 0.717) is 33.9 Å². The number of hydrogen-bond acceptors (Lipinski definition) is 11. The van der Waals surface area contributed by atoms with Gasteiger partial charge in [0.15, 0.2) is 46.2 Å². The highest BCUT2D eigenvalue weighted by Gasteiger charge is 2.69. The molecule has 0 aromatic heterocycles. The predicted molar refractivity (Wildman–Crippen MR) is 146 cm³/mol. The van der Waals surface area contributed by atoms with Gasteiger partial charge in [-0.15, -0.1) is 0 Å². The Labute approximate surface area is 241 Å². The molecule has 2 aromatic carbocycles. The Balaban J connectivity index is 1.68. The summed E-state index contributed by atoms with van der Waals surface area (Å²) in [4.78, 5) is 68.3. The van der Waals surface area contributed by atoms with Crippen molar-refractivity contribution in [3.05, 3.63) is 35.4 Å². The van der Waals surface area contributed by atoms with Crippen LogP contribution in [0.15, 0.2) is 24.3 Å². The molecule has 222 valence electrons. The highest BCUT2D eigenvalue weighted by Crippen LogP contribution is 2.53. The van der Waals surface area contributed by atoms with Gasteiger partial charge in [-0.05, 0) is 62.2 Å². The number of nitrogens with two attached hydrogens (primary N) is 1. The van der Waals surface area contributed by atoms with Crippen LogP contribution in [0.4, 0.5) is 0 Å². The molecule has 0 spiro atoms. The Morgan fingerprint density at radius 1 is 0.952 bits per heavy atom. The van der Waals surface area contributed by atoms with Gasteiger partial charge in [0, 0.05) is 11.5 Å². The Bertz CT molecular complexity index is 1550. The van der Waals surface area contributed by atoms with E-state index in [1.165, 1.54) is 46.4 Å². The van der Waals surface area contributed by atoms with Crippen LogP contribution in [0.3, 0.4) is 0 Å². The number of likely N-dealkylation sites (N-methyl/N-ethyl adjacent to an activating group) is 1. The highest BCUT2D eigenvalue weighted by molar-refractivity contribution is 6.32. The lowest BCUT2D eigenvalue weighted by atomic mass is 9.52. The lowest BCUT2D eigenvalue weighted by Gasteiger charge is -2.52. The number of hydrogen-bond donors (Lipinski definition) is 3. The van der Waals surface area contributed by atoms with Gasteiger partial charge in [-0.2, -0.15) is 0 Å². The summed E-state index contributed by atoms with van der Waals surface area (Å²) in [7, 11) is 7.46. The van der Waals surface area contributed by atoms with Crippen LogP contribution >= 0.6 is 0 Å². The van der Waals surface area contributed by atoms with E-state index in [0.717, 1.165) is 0 Å². The molecule has 6 atom stereocenters. The number of amides is 1. The zero-order chi connectivity index (χ0) is 30.8. The van der Waals surface area contributed by atoms with Gasteiger partial charge in [0.2, 0.25) is 11.7 Å². The molecule has 4 N–H and O–H groups in total. The van der Waals surface area contributed by atoms with Crippen LogP contribution in [0, 0.1) is 23.7 Å². The smallest absolute Gasteiger partial charge is 0.235 e. The van der Waals surface area contributed by atoms with Gasteiger partial charge in [0.25, 0.3) is 0 Å². The summed E-state index contributed by atoms with van der Waals surface area (Å²) in [5.74, 6) is -10.0. The number of aromatic hydroxyl groups is 1. The molecule has 1 amide bonds. The Morgan fingerprint density at radius 2 is 1.60 bits per heavy atom. The maximum Gasteiger partial charge on any atom is 0.235 e. The highest BCUT2D eigenvalue weighted by atomic mass is 16.5. The molecular weight excluding hydrogens is 548 g/mol. The van der Waals surface area contributed by atoms with Gasteiger partial charge in [0.05, 0.1) is 38.9 Å². The molecular formula is C30H32N2O10. The normalized spacial score (nSPS) is 28.6. The number of aliphatic hydroxyl groups is 1. The number of phenols is 1. The number of ether oxygens (including phenoxy) is 3. The standard InChI is InChI=1S/C30H32N2O10/c1-32(2)22-16-11-12-10-15-13(14-7-9-18(40-3)26(42-5)25(14)41-4)6-8-17(33)20(15)23(34)19(12)27(36)30(16,39)28(37)21(24(22)35)29(31)38/h6-9,12,16,19,21-22,33,39H,10-11H2,1-5H3,(H2,31,38). The number of ketones is 4. The Hall–Kier alpha value is -4.29. The number of primary amides is 1. The summed E-state index contributed by atoms with van der Waals surface area (Å²) < 4.78 is 16.6. The summed E-state index contributed by atoms with van der Waals surface area (Å²) in [5.41, 5.74) is 3.98. The average molecular weight is 581 g/mol. The van der Waals surface area contributed by atoms with Crippen molar-refractivity contribution in [1.29, 1.82) is 0 Å². The van der Waals surface area contributed by atoms with Crippen molar-refractivity contribution in [3.8, 4) is 34.1 Å². The number of nitrogens with zero attached hydrogens (tertiary/aromatic N) is 1. The SMILES string of the molecule is COc1ccc(-c2ccc(O)c3c2CC2CC4C(N(C)C)C(=O)C(C(N)=O)C(=O)C4(O)C(=O)C2C3=O)c(OC)c1OC. The molecule has 12 nitrogen and oxygen atoms in total. The molecule has 2 aromatic rings. The van der Waals surface area contributed by atoms with Crippen molar-refractivity contribution in [2.75, 3.05) is 35.4 Å². The summed E-state index contributed by atoms with van der Waals surface area (Å²) in [6.07, 6.45) is 0.0507. The molecule has 0 aliphatic heterocycles. The molecule has 0 heterocycles. The number of rotatable bonds is 6. The number of Topliss-reactive ketones (excluding diaryl/α,β-unsaturated/α-hetero) is 4. The third-order valence-corrected chi connectivity index (χ3v) is 8.94. The van der Waals surface area contributed by atoms with Crippen molar-refractivity contribution < 1.29 is 48.4 Å². The fourth-order valence-corrected chi connectivity index (χ4v) is 7.17. The van der Waals surface area contributed by atoms with E-state index >= 15 is 0 Å². The van der Waals surface area contributed by atoms with Crippen LogP contribution in [0.5, 0.6) is 23.0 Å². The van der Waals surface area contributed by atoms with Crippen molar-refractivity contribution in [3.63, 3.8) is 0 Å². The summed E-state index contributed by atoms with van der Waals surface area (Å²) in [6, 6.07) is 5.16. The Morgan fingerprint density at radius 3 is 2.17 bits per heavy atom. The minimum atomic E-state index is -2.78. The molecule has 6 unspecified atom stereocenters. The fourth-order valence-electron chi connectivity index (χ4n) is 7.17. The minimum Gasteiger partial charge on any atom is -0.507 e. The molecule has 5 rings (SSSR count). The second kappa shape index (κ2) is 10.2. The number of carbonyl (C=O) groups excluding carboxylic acids is 5. The quantitative estimate of drug-likeness (QED) is 0.406. The lowest BCUT2D eigenvalue weighted by Crippen LogP contribution is -2.74. The number of phenolic OH excluding ortho intramolecular Hbond substituents is 1. The number of methoxy groups -OCH3 is 3. The largest absolute Gasteiger partial charge is 0.507 e. The lowest BCUT2D eigenvalue weighted by molar-refractivity contribution is -0.181. The van der Waals surface area contributed by atoms with Crippen molar-refractivity contribution >= 4 is 29.0 Å². The van der Waals surface area contributed by atoms with Crippen LogP contribution in [-0.2, 0) is 25.6 Å².